The highest BCUT2D eigenvalue weighted by molar-refractivity contribution is 6.33. The zero-order valence-electron chi connectivity index (χ0n) is 15.4. The number of rotatable bonds is 7. The summed E-state index contributed by atoms with van der Waals surface area (Å²) in [6, 6.07) is 6.17. The Hall–Kier alpha value is -3.34. The second-order valence-corrected chi connectivity index (χ2v) is 6.31. The summed E-state index contributed by atoms with van der Waals surface area (Å²) in [5.74, 6) is -1.17. The van der Waals surface area contributed by atoms with E-state index in [9.17, 15) is 32.9 Å². The standard InChI is InChI=1S/C18H15ClF3N3O5/c1-30-17(27)10-2-4-12(19)14(8-10)24-16(26)6-7-23-13-5-3-11(18(20,21)22)9-15(13)25(28)29/h2-5,8-9,23H,6-7H2,1H3,(H,24,26). The van der Waals surface area contributed by atoms with Crippen molar-refractivity contribution in [2.75, 3.05) is 24.3 Å². The predicted octanol–water partition coefficient (Wildman–Crippen LogP) is 4.49. The lowest BCUT2D eigenvalue weighted by molar-refractivity contribution is -0.384. The van der Waals surface area contributed by atoms with Crippen LogP contribution in [0.1, 0.15) is 22.3 Å². The molecule has 0 aromatic heterocycles. The number of benzene rings is 2. The molecule has 0 heterocycles. The molecule has 12 heteroatoms. The zero-order chi connectivity index (χ0) is 22.5. The summed E-state index contributed by atoms with van der Waals surface area (Å²) < 4.78 is 42.8. The SMILES string of the molecule is COC(=O)c1ccc(Cl)c(NC(=O)CCNc2ccc(C(F)(F)F)cc2[N+](=O)[O-])c1. The number of esters is 1. The predicted molar refractivity (Wildman–Crippen MR) is 103 cm³/mol. The first-order valence-corrected chi connectivity index (χ1v) is 8.68. The highest BCUT2D eigenvalue weighted by Gasteiger charge is 2.33. The Morgan fingerprint density at radius 1 is 1.17 bits per heavy atom. The molecule has 8 nitrogen and oxygen atoms in total. The summed E-state index contributed by atoms with van der Waals surface area (Å²) >= 11 is 5.98. The van der Waals surface area contributed by atoms with Crippen LogP contribution in [-0.4, -0.2) is 30.5 Å². The minimum absolute atomic E-state index is 0.105. The van der Waals surface area contributed by atoms with Crippen LogP contribution in [0.3, 0.4) is 0 Å². The van der Waals surface area contributed by atoms with E-state index in [0.29, 0.717) is 12.1 Å². The normalized spacial score (nSPS) is 11.0. The van der Waals surface area contributed by atoms with Crippen molar-refractivity contribution < 1.29 is 32.4 Å². The molecule has 0 aliphatic heterocycles. The summed E-state index contributed by atoms with van der Waals surface area (Å²) in [5, 5.41) is 16.3. The Labute approximate surface area is 173 Å². The van der Waals surface area contributed by atoms with Gasteiger partial charge in [0.25, 0.3) is 5.69 Å². The van der Waals surface area contributed by atoms with Gasteiger partial charge in [-0.3, -0.25) is 14.9 Å². The van der Waals surface area contributed by atoms with Crippen molar-refractivity contribution in [3.63, 3.8) is 0 Å². The van der Waals surface area contributed by atoms with Gasteiger partial charge in [0.1, 0.15) is 5.69 Å². The van der Waals surface area contributed by atoms with Gasteiger partial charge in [-0.1, -0.05) is 11.6 Å². The van der Waals surface area contributed by atoms with Gasteiger partial charge in [0.2, 0.25) is 5.91 Å². The molecule has 2 aromatic rings. The molecule has 0 unspecified atom stereocenters. The van der Waals surface area contributed by atoms with Gasteiger partial charge in [-0.2, -0.15) is 13.2 Å². The Morgan fingerprint density at radius 2 is 1.87 bits per heavy atom. The molecule has 0 aliphatic carbocycles. The number of halogens is 4. The molecule has 2 N–H and O–H groups in total. The Balaban J connectivity index is 2.03. The van der Waals surface area contributed by atoms with Crippen molar-refractivity contribution in [3.8, 4) is 0 Å². The van der Waals surface area contributed by atoms with Crippen molar-refractivity contribution in [2.45, 2.75) is 12.6 Å². The van der Waals surface area contributed by atoms with Crippen molar-refractivity contribution >= 4 is 40.5 Å². The largest absolute Gasteiger partial charge is 0.465 e. The average Bonchev–Trinajstić information content (AvgIpc) is 2.68. The number of hydrogen-bond acceptors (Lipinski definition) is 6. The maximum atomic E-state index is 12.7. The van der Waals surface area contributed by atoms with Crippen LogP contribution < -0.4 is 10.6 Å². The van der Waals surface area contributed by atoms with E-state index in [4.69, 9.17) is 11.6 Å². The maximum absolute atomic E-state index is 12.7. The molecular weight excluding hydrogens is 431 g/mol. The molecule has 0 aliphatic rings. The lowest BCUT2D eigenvalue weighted by atomic mass is 10.1. The molecule has 1 amide bonds. The molecule has 2 rings (SSSR count). The summed E-state index contributed by atoms with van der Waals surface area (Å²) in [5.41, 5.74) is -1.76. The topological polar surface area (TPSA) is 111 Å². The van der Waals surface area contributed by atoms with Gasteiger partial charge < -0.3 is 15.4 Å². The van der Waals surface area contributed by atoms with Gasteiger partial charge in [-0.15, -0.1) is 0 Å². The number of carbonyl (C=O) groups is 2. The van der Waals surface area contributed by atoms with Gasteiger partial charge >= 0.3 is 12.1 Å². The van der Waals surface area contributed by atoms with Crippen LogP contribution in [-0.2, 0) is 15.7 Å². The molecule has 0 saturated heterocycles. The van der Waals surface area contributed by atoms with E-state index in [2.05, 4.69) is 15.4 Å². The van der Waals surface area contributed by atoms with E-state index >= 15 is 0 Å². The van der Waals surface area contributed by atoms with Crippen molar-refractivity contribution in [2.24, 2.45) is 0 Å². The number of nitrogens with one attached hydrogen (secondary N) is 2. The van der Waals surface area contributed by atoms with Crippen molar-refractivity contribution in [3.05, 3.63) is 62.7 Å². The molecule has 0 spiro atoms. The third-order valence-electron chi connectivity index (χ3n) is 3.85. The fourth-order valence-corrected chi connectivity index (χ4v) is 2.56. The van der Waals surface area contributed by atoms with Crippen molar-refractivity contribution in [1.29, 1.82) is 0 Å². The Bertz CT molecular complexity index is 982. The van der Waals surface area contributed by atoms with Crippen LogP contribution in [0, 0.1) is 10.1 Å². The number of methoxy groups -OCH3 is 1. The third kappa shape index (κ3) is 5.83. The van der Waals surface area contributed by atoms with E-state index in [1.165, 1.54) is 25.3 Å². The van der Waals surface area contributed by atoms with Gasteiger partial charge in [-0.05, 0) is 30.3 Å². The number of nitrogens with zero attached hydrogens (tertiary/aromatic N) is 1. The number of nitro benzene ring substituents is 1. The fraction of sp³-hybridized carbons (Fsp3) is 0.222. The molecular formula is C18H15ClF3N3O5. The third-order valence-corrected chi connectivity index (χ3v) is 4.18. The van der Waals surface area contributed by atoms with Crippen LogP contribution in [0.5, 0.6) is 0 Å². The van der Waals surface area contributed by atoms with Crippen LogP contribution in [0.25, 0.3) is 0 Å². The first-order valence-electron chi connectivity index (χ1n) is 8.30. The number of anilines is 2. The minimum Gasteiger partial charge on any atom is -0.465 e. The van der Waals surface area contributed by atoms with Crippen molar-refractivity contribution in [1.82, 2.24) is 0 Å². The first-order chi connectivity index (χ1) is 14.0. The maximum Gasteiger partial charge on any atom is 0.416 e. The van der Waals surface area contributed by atoms with E-state index in [1.54, 1.807) is 0 Å². The van der Waals surface area contributed by atoms with E-state index in [-0.39, 0.29) is 34.9 Å². The fourth-order valence-electron chi connectivity index (χ4n) is 2.40. The van der Waals surface area contributed by atoms with Gasteiger partial charge in [0, 0.05) is 19.0 Å². The molecule has 0 atom stereocenters. The van der Waals surface area contributed by atoms with Crippen LogP contribution in [0.2, 0.25) is 5.02 Å². The molecule has 160 valence electrons. The number of ether oxygens (including phenoxy) is 1. The highest BCUT2D eigenvalue weighted by Crippen LogP contribution is 2.35. The smallest absolute Gasteiger partial charge is 0.416 e. The number of amides is 1. The number of hydrogen-bond donors (Lipinski definition) is 2. The number of alkyl halides is 3. The summed E-state index contributed by atoms with van der Waals surface area (Å²) in [6.07, 6.45) is -4.90. The minimum atomic E-state index is -4.72. The number of nitro groups is 1. The second kappa shape index (κ2) is 9.44. The molecule has 0 bridgehead atoms. The second-order valence-electron chi connectivity index (χ2n) is 5.90. The average molecular weight is 446 g/mol. The molecule has 2 aromatic carbocycles. The number of carbonyl (C=O) groups excluding carboxylic acids is 2. The molecule has 0 radical (unpaired) electrons. The van der Waals surface area contributed by atoms with Crippen LogP contribution in [0.15, 0.2) is 36.4 Å². The summed E-state index contributed by atoms with van der Waals surface area (Å²) in [6.45, 7) is -0.105. The lowest BCUT2D eigenvalue weighted by Gasteiger charge is -2.11. The summed E-state index contributed by atoms with van der Waals surface area (Å²) in [7, 11) is 1.20. The monoisotopic (exact) mass is 445 g/mol. The highest BCUT2D eigenvalue weighted by atomic mass is 35.5. The summed E-state index contributed by atoms with van der Waals surface area (Å²) in [4.78, 5) is 33.8. The lowest BCUT2D eigenvalue weighted by Crippen LogP contribution is -2.17. The molecule has 0 fully saturated rings. The van der Waals surface area contributed by atoms with E-state index in [1.807, 2.05) is 0 Å². The zero-order valence-corrected chi connectivity index (χ0v) is 16.1. The first kappa shape index (κ1) is 22.9. The van der Waals surface area contributed by atoms with Gasteiger partial charge in [-0.25, -0.2) is 4.79 Å². The Kier molecular flexibility index (Phi) is 7.22. The van der Waals surface area contributed by atoms with E-state index in [0.717, 1.165) is 6.07 Å². The van der Waals surface area contributed by atoms with Crippen LogP contribution >= 0.6 is 11.6 Å². The van der Waals surface area contributed by atoms with Gasteiger partial charge in [0.15, 0.2) is 0 Å². The Morgan fingerprint density at radius 3 is 2.47 bits per heavy atom. The van der Waals surface area contributed by atoms with E-state index < -0.39 is 34.2 Å². The molecule has 0 saturated carbocycles. The van der Waals surface area contributed by atoms with Gasteiger partial charge in [0.05, 0.1) is 33.9 Å². The molecule has 30 heavy (non-hydrogen) atoms. The van der Waals surface area contributed by atoms with Crippen LogP contribution in [0.4, 0.5) is 30.2 Å². The quantitative estimate of drug-likeness (QED) is 0.369.